The van der Waals surface area contributed by atoms with E-state index in [9.17, 15) is 4.39 Å². The van der Waals surface area contributed by atoms with Crippen LogP contribution in [0, 0.1) is 19.7 Å². The van der Waals surface area contributed by atoms with Crippen LogP contribution in [-0.2, 0) is 13.0 Å². The van der Waals surface area contributed by atoms with Gasteiger partial charge in [-0.2, -0.15) is 10.1 Å². The van der Waals surface area contributed by atoms with Crippen molar-refractivity contribution >= 4 is 22.1 Å². The summed E-state index contributed by atoms with van der Waals surface area (Å²) in [5.41, 5.74) is 6.66. The van der Waals surface area contributed by atoms with Crippen molar-refractivity contribution in [1.29, 1.82) is 0 Å². The molecular formula is C23H21FN6. The van der Waals surface area contributed by atoms with E-state index in [0.29, 0.717) is 12.4 Å². The van der Waals surface area contributed by atoms with Crippen LogP contribution in [0.1, 0.15) is 29.4 Å². The summed E-state index contributed by atoms with van der Waals surface area (Å²) in [6.07, 6.45) is 0.669. The van der Waals surface area contributed by atoms with Crippen molar-refractivity contribution in [2.45, 2.75) is 33.7 Å². The first-order chi connectivity index (χ1) is 14.6. The minimum Gasteiger partial charge on any atom is -0.324 e. The fraction of sp³-hybridized carbons (Fsp3) is 0.217. The smallest absolute Gasteiger partial charge is 0.272 e. The average Bonchev–Trinajstić information content (AvgIpc) is 3.23. The Bertz CT molecular complexity index is 1380. The zero-order valence-electron chi connectivity index (χ0n) is 17.1. The lowest BCUT2D eigenvalue weighted by molar-refractivity contribution is 0.627. The van der Waals surface area contributed by atoms with Gasteiger partial charge in [0.25, 0.3) is 5.95 Å². The molecule has 3 heterocycles. The predicted octanol–water partition coefficient (Wildman–Crippen LogP) is 4.53. The number of aryl methyl sites for hydroxylation is 2. The van der Waals surface area contributed by atoms with Crippen molar-refractivity contribution in [3.8, 4) is 5.95 Å². The van der Waals surface area contributed by atoms with E-state index in [1.54, 1.807) is 16.8 Å². The number of benzene rings is 2. The molecule has 2 aromatic carbocycles. The third-order valence-corrected chi connectivity index (χ3v) is 5.60. The Morgan fingerprint density at radius 1 is 0.967 bits per heavy atom. The molecule has 0 atom stereocenters. The van der Waals surface area contributed by atoms with E-state index in [-0.39, 0.29) is 5.82 Å². The first-order valence-corrected chi connectivity index (χ1v) is 9.98. The van der Waals surface area contributed by atoms with E-state index in [1.807, 2.05) is 32.0 Å². The van der Waals surface area contributed by atoms with Gasteiger partial charge in [-0.1, -0.05) is 30.3 Å². The highest BCUT2D eigenvalue weighted by atomic mass is 19.1. The van der Waals surface area contributed by atoms with Gasteiger partial charge in [0.2, 0.25) is 0 Å². The molecule has 0 N–H and O–H groups in total. The Morgan fingerprint density at radius 2 is 1.73 bits per heavy atom. The maximum absolute atomic E-state index is 13.2. The van der Waals surface area contributed by atoms with E-state index in [4.69, 9.17) is 4.98 Å². The minimum atomic E-state index is -0.234. The van der Waals surface area contributed by atoms with Crippen LogP contribution in [0.15, 0.2) is 48.5 Å². The molecule has 0 aliphatic rings. The first-order valence-electron chi connectivity index (χ1n) is 9.98. The SMILES string of the molecule is CCn1c2ccccc2c2nnc(-n3nc(C)c(Cc4ccc(F)cc4)c3C)nc21. The fourth-order valence-electron chi connectivity index (χ4n) is 4.04. The normalized spacial score (nSPS) is 11.6. The van der Waals surface area contributed by atoms with Gasteiger partial charge in [-0.05, 0) is 44.5 Å². The van der Waals surface area contributed by atoms with Gasteiger partial charge in [-0.3, -0.25) is 0 Å². The molecule has 0 radical (unpaired) electrons. The first kappa shape index (κ1) is 18.4. The van der Waals surface area contributed by atoms with E-state index in [2.05, 4.69) is 32.9 Å². The Kier molecular flexibility index (Phi) is 4.31. The molecule has 5 rings (SSSR count). The minimum absolute atomic E-state index is 0.234. The predicted molar refractivity (Wildman–Crippen MR) is 114 cm³/mol. The molecule has 3 aromatic heterocycles. The average molecular weight is 400 g/mol. The number of halogens is 1. The molecule has 0 saturated carbocycles. The Morgan fingerprint density at radius 3 is 2.50 bits per heavy atom. The second kappa shape index (κ2) is 7.02. The summed E-state index contributed by atoms with van der Waals surface area (Å²) in [6.45, 7) is 6.85. The zero-order chi connectivity index (χ0) is 20.8. The van der Waals surface area contributed by atoms with Crippen LogP contribution in [0.4, 0.5) is 4.39 Å². The van der Waals surface area contributed by atoms with Gasteiger partial charge in [0.15, 0.2) is 5.65 Å². The second-order valence-electron chi connectivity index (χ2n) is 7.41. The monoisotopic (exact) mass is 400 g/mol. The number of hydrogen-bond donors (Lipinski definition) is 0. The number of para-hydroxylation sites is 1. The summed E-state index contributed by atoms with van der Waals surface area (Å²) >= 11 is 0. The molecule has 150 valence electrons. The fourth-order valence-corrected chi connectivity index (χ4v) is 4.04. The molecule has 6 nitrogen and oxygen atoms in total. The summed E-state index contributed by atoms with van der Waals surface area (Å²) in [4.78, 5) is 4.83. The molecule has 0 fully saturated rings. The molecule has 0 aliphatic carbocycles. The second-order valence-corrected chi connectivity index (χ2v) is 7.41. The molecule has 0 amide bonds. The van der Waals surface area contributed by atoms with Gasteiger partial charge in [0.05, 0.1) is 11.2 Å². The molecular weight excluding hydrogens is 379 g/mol. The van der Waals surface area contributed by atoms with E-state index in [1.165, 1.54) is 12.1 Å². The third kappa shape index (κ3) is 2.85. The van der Waals surface area contributed by atoms with Crippen LogP contribution in [0.2, 0.25) is 0 Å². The van der Waals surface area contributed by atoms with Gasteiger partial charge in [0.1, 0.15) is 11.3 Å². The maximum atomic E-state index is 13.2. The van der Waals surface area contributed by atoms with Gasteiger partial charge in [0, 0.05) is 29.6 Å². The number of hydrogen-bond acceptors (Lipinski definition) is 4. The highest BCUT2D eigenvalue weighted by molar-refractivity contribution is 6.04. The van der Waals surface area contributed by atoms with Crippen molar-refractivity contribution in [2.75, 3.05) is 0 Å². The number of aromatic nitrogens is 6. The summed E-state index contributed by atoms with van der Waals surface area (Å²) in [6, 6.07) is 14.7. The van der Waals surface area contributed by atoms with Crippen LogP contribution in [0.5, 0.6) is 0 Å². The molecule has 7 heteroatoms. The molecule has 0 saturated heterocycles. The van der Waals surface area contributed by atoms with Gasteiger partial charge < -0.3 is 4.57 Å². The van der Waals surface area contributed by atoms with Crippen LogP contribution in [0.3, 0.4) is 0 Å². The molecule has 0 spiro atoms. The van der Waals surface area contributed by atoms with E-state index >= 15 is 0 Å². The molecule has 5 aromatic rings. The van der Waals surface area contributed by atoms with Gasteiger partial charge in [-0.15, -0.1) is 10.2 Å². The van der Waals surface area contributed by atoms with Crippen LogP contribution in [0.25, 0.3) is 28.0 Å². The van der Waals surface area contributed by atoms with Crippen LogP contribution >= 0.6 is 0 Å². The molecule has 30 heavy (non-hydrogen) atoms. The zero-order valence-corrected chi connectivity index (χ0v) is 17.1. The maximum Gasteiger partial charge on any atom is 0.272 e. The lowest BCUT2D eigenvalue weighted by Crippen LogP contribution is -2.08. The van der Waals surface area contributed by atoms with Crippen molar-refractivity contribution < 1.29 is 4.39 Å². The highest BCUT2D eigenvalue weighted by Crippen LogP contribution is 2.27. The van der Waals surface area contributed by atoms with E-state index in [0.717, 1.165) is 51.1 Å². The van der Waals surface area contributed by atoms with Gasteiger partial charge >= 0.3 is 0 Å². The molecule has 0 aliphatic heterocycles. The number of rotatable bonds is 4. The Labute approximate surface area is 173 Å². The molecule has 0 bridgehead atoms. The number of fused-ring (bicyclic) bond motifs is 3. The summed E-state index contributed by atoms with van der Waals surface area (Å²) in [5, 5.41) is 14.6. The Hall–Kier alpha value is -3.61. The highest BCUT2D eigenvalue weighted by Gasteiger charge is 2.18. The van der Waals surface area contributed by atoms with Crippen molar-refractivity contribution in [1.82, 2.24) is 29.5 Å². The van der Waals surface area contributed by atoms with Crippen molar-refractivity contribution in [3.05, 3.63) is 76.9 Å². The number of nitrogens with zero attached hydrogens (tertiary/aromatic N) is 6. The third-order valence-electron chi connectivity index (χ3n) is 5.60. The van der Waals surface area contributed by atoms with Crippen LogP contribution in [-0.4, -0.2) is 29.5 Å². The van der Waals surface area contributed by atoms with Gasteiger partial charge in [-0.25, -0.2) is 9.07 Å². The standard InChI is InChI=1S/C23H21FN6/c1-4-29-20-8-6-5-7-18(20)21-22(29)25-23(27-26-21)30-15(3)19(14(2)28-30)13-16-9-11-17(24)12-10-16/h5-12H,4,13H2,1-3H3. The summed E-state index contributed by atoms with van der Waals surface area (Å²) < 4.78 is 17.1. The van der Waals surface area contributed by atoms with Crippen molar-refractivity contribution in [2.24, 2.45) is 0 Å². The lowest BCUT2D eigenvalue weighted by Gasteiger charge is -2.05. The lowest BCUT2D eigenvalue weighted by atomic mass is 10.0. The Balaban J connectivity index is 1.62. The van der Waals surface area contributed by atoms with Crippen molar-refractivity contribution in [3.63, 3.8) is 0 Å². The summed E-state index contributed by atoms with van der Waals surface area (Å²) in [5.74, 6) is 0.216. The topological polar surface area (TPSA) is 61.4 Å². The summed E-state index contributed by atoms with van der Waals surface area (Å²) in [7, 11) is 0. The van der Waals surface area contributed by atoms with Crippen LogP contribution < -0.4 is 0 Å². The largest absolute Gasteiger partial charge is 0.324 e. The molecule has 0 unspecified atom stereocenters. The quantitative estimate of drug-likeness (QED) is 0.445. The van der Waals surface area contributed by atoms with E-state index < -0.39 is 0 Å².